The summed E-state index contributed by atoms with van der Waals surface area (Å²) in [6.07, 6.45) is 5.50. The summed E-state index contributed by atoms with van der Waals surface area (Å²) in [5, 5.41) is 18.7. The maximum Gasteiger partial charge on any atom is 0.145 e. The Bertz CT molecular complexity index is 605. The van der Waals surface area contributed by atoms with Crippen molar-refractivity contribution in [1.29, 1.82) is 5.26 Å². The van der Waals surface area contributed by atoms with Crippen LogP contribution in [-0.4, -0.2) is 5.11 Å². The molecule has 24 heavy (non-hydrogen) atoms. The van der Waals surface area contributed by atoms with Crippen molar-refractivity contribution in [2.45, 2.75) is 72.6 Å². The van der Waals surface area contributed by atoms with Crippen molar-refractivity contribution in [2.75, 3.05) is 0 Å². The molecule has 1 aromatic carbocycles. The number of phenolic OH excluding ortho intramolecular Hbond substituents is 1. The first kappa shape index (κ1) is 18.8. The fraction of sp³-hybridized carbons (Fsp3) is 0.667. The van der Waals surface area contributed by atoms with Crippen LogP contribution in [0.3, 0.4) is 0 Å². The normalized spacial score (nSPS) is 22.2. The molecule has 0 radical (unpaired) electrons. The largest absolute Gasteiger partial charge is 0.506 e. The van der Waals surface area contributed by atoms with Crippen molar-refractivity contribution in [1.82, 2.24) is 0 Å². The minimum atomic E-state index is -0.609. The second-order valence-electron chi connectivity index (χ2n) is 9.28. The van der Waals surface area contributed by atoms with Gasteiger partial charge in [-0.05, 0) is 72.5 Å². The van der Waals surface area contributed by atoms with Crippen molar-refractivity contribution in [3.05, 3.63) is 29.1 Å². The number of phenols is 1. The summed E-state index contributed by atoms with van der Waals surface area (Å²) < 4.78 is 13.9. The molecule has 1 aromatic rings. The minimum Gasteiger partial charge on any atom is -0.506 e. The molecule has 2 rings (SSSR count). The summed E-state index contributed by atoms with van der Waals surface area (Å²) >= 11 is 0. The predicted octanol–water partition coefficient (Wildman–Crippen LogP) is 6.14. The summed E-state index contributed by atoms with van der Waals surface area (Å²) in [6.45, 7) is 11.6. The van der Waals surface area contributed by atoms with Gasteiger partial charge >= 0.3 is 0 Å². The average Bonchev–Trinajstić information content (AvgIpc) is 2.44. The zero-order valence-electron chi connectivity index (χ0n) is 15.6. The van der Waals surface area contributed by atoms with E-state index in [1.807, 2.05) is 0 Å². The van der Waals surface area contributed by atoms with Gasteiger partial charge in [-0.25, -0.2) is 4.39 Å². The van der Waals surface area contributed by atoms with E-state index in [1.54, 1.807) is 12.1 Å². The number of hydrogen-bond acceptors (Lipinski definition) is 2. The van der Waals surface area contributed by atoms with Gasteiger partial charge in [-0.2, -0.15) is 5.26 Å². The highest BCUT2D eigenvalue weighted by Crippen LogP contribution is 2.48. The molecular weight excluding hydrogens is 301 g/mol. The van der Waals surface area contributed by atoms with Crippen LogP contribution in [-0.2, 0) is 0 Å². The third-order valence-electron chi connectivity index (χ3n) is 5.49. The molecule has 0 saturated heterocycles. The number of halogens is 1. The summed E-state index contributed by atoms with van der Waals surface area (Å²) in [7, 11) is 0. The Hall–Kier alpha value is -1.56. The first-order valence-corrected chi connectivity index (χ1v) is 8.96. The lowest BCUT2D eigenvalue weighted by Crippen LogP contribution is -2.31. The van der Waals surface area contributed by atoms with Crippen molar-refractivity contribution < 1.29 is 9.50 Å². The Kier molecular flexibility index (Phi) is 5.28. The Balaban J connectivity index is 2.07. The third kappa shape index (κ3) is 4.29. The van der Waals surface area contributed by atoms with E-state index in [0.717, 1.165) is 31.2 Å². The Morgan fingerprint density at radius 3 is 2.17 bits per heavy atom. The number of benzene rings is 1. The van der Waals surface area contributed by atoms with Gasteiger partial charge < -0.3 is 5.11 Å². The molecule has 0 unspecified atom stereocenters. The van der Waals surface area contributed by atoms with Crippen LogP contribution in [0, 0.1) is 33.9 Å². The van der Waals surface area contributed by atoms with Crippen molar-refractivity contribution >= 4 is 0 Å². The number of aromatic hydroxyl groups is 1. The van der Waals surface area contributed by atoms with Crippen LogP contribution in [0.15, 0.2) is 12.1 Å². The summed E-state index contributed by atoms with van der Waals surface area (Å²) in [6, 6.07) is 4.73. The molecule has 1 N–H and O–H groups in total. The van der Waals surface area contributed by atoms with Crippen LogP contribution in [0.4, 0.5) is 4.39 Å². The quantitative estimate of drug-likeness (QED) is 0.723. The molecule has 0 atom stereocenters. The van der Waals surface area contributed by atoms with Crippen LogP contribution in [0.5, 0.6) is 5.75 Å². The molecule has 0 spiro atoms. The third-order valence-corrected chi connectivity index (χ3v) is 5.49. The van der Waals surface area contributed by atoms with E-state index in [1.165, 1.54) is 12.5 Å². The molecule has 3 heteroatoms. The van der Waals surface area contributed by atoms with Crippen molar-refractivity contribution in [2.24, 2.45) is 16.7 Å². The lowest BCUT2D eigenvalue weighted by molar-refractivity contribution is 0.0945. The number of nitrogens with zero attached hydrogens (tertiary/aromatic N) is 1. The van der Waals surface area contributed by atoms with E-state index in [0.29, 0.717) is 16.7 Å². The van der Waals surface area contributed by atoms with Crippen LogP contribution in [0.25, 0.3) is 0 Å². The Morgan fingerprint density at radius 1 is 1.12 bits per heavy atom. The highest BCUT2D eigenvalue weighted by molar-refractivity contribution is 5.46. The molecule has 0 aromatic heterocycles. The monoisotopic (exact) mass is 331 g/mol. The highest BCUT2D eigenvalue weighted by Gasteiger charge is 2.36. The fourth-order valence-electron chi connectivity index (χ4n) is 4.68. The second kappa shape index (κ2) is 6.75. The number of nitriles is 1. The standard InChI is InChI=1S/C21H30FNO/c1-20(2,3)13-21(4,5)16-8-6-14(7-9-16)15-10-18(22)17(12-23)19(24)11-15/h10-11,14,16,24H,6-9,13H2,1-5H3. The van der Waals surface area contributed by atoms with E-state index in [9.17, 15) is 9.50 Å². The molecule has 1 fully saturated rings. The van der Waals surface area contributed by atoms with Gasteiger partial charge in [-0.15, -0.1) is 0 Å². The molecule has 0 bridgehead atoms. The molecule has 1 aliphatic rings. The van der Waals surface area contributed by atoms with Gasteiger partial charge in [0.05, 0.1) is 0 Å². The topological polar surface area (TPSA) is 44.0 Å². The van der Waals surface area contributed by atoms with Crippen LogP contribution >= 0.6 is 0 Å². The first-order chi connectivity index (χ1) is 11.0. The van der Waals surface area contributed by atoms with Gasteiger partial charge in [-0.1, -0.05) is 34.6 Å². The Labute approximate surface area is 145 Å². The van der Waals surface area contributed by atoms with Gasteiger partial charge in [0, 0.05) is 0 Å². The summed E-state index contributed by atoms with van der Waals surface area (Å²) in [5.74, 6) is 0.120. The molecule has 0 heterocycles. The maximum atomic E-state index is 13.9. The molecule has 0 aliphatic heterocycles. The Morgan fingerprint density at radius 2 is 1.71 bits per heavy atom. The van der Waals surface area contributed by atoms with Gasteiger partial charge in [0.25, 0.3) is 0 Å². The van der Waals surface area contributed by atoms with Gasteiger partial charge in [0.2, 0.25) is 0 Å². The molecular formula is C21H30FNO. The van der Waals surface area contributed by atoms with Crippen LogP contribution in [0.1, 0.15) is 83.8 Å². The lowest BCUT2D eigenvalue weighted by Gasteiger charge is -2.42. The predicted molar refractivity (Wildman–Crippen MR) is 95.3 cm³/mol. The van der Waals surface area contributed by atoms with Crippen LogP contribution < -0.4 is 0 Å². The lowest BCUT2D eigenvalue weighted by atomic mass is 9.63. The smallest absolute Gasteiger partial charge is 0.145 e. The SMILES string of the molecule is CC(C)(C)CC(C)(C)C1CCC(c2cc(O)c(C#N)c(F)c2)CC1. The van der Waals surface area contributed by atoms with Crippen molar-refractivity contribution in [3.63, 3.8) is 0 Å². The van der Waals surface area contributed by atoms with Crippen molar-refractivity contribution in [3.8, 4) is 11.8 Å². The number of hydrogen-bond donors (Lipinski definition) is 1. The zero-order valence-corrected chi connectivity index (χ0v) is 15.6. The molecule has 2 nitrogen and oxygen atoms in total. The van der Waals surface area contributed by atoms with E-state index >= 15 is 0 Å². The molecule has 132 valence electrons. The maximum absolute atomic E-state index is 13.9. The molecule has 1 saturated carbocycles. The first-order valence-electron chi connectivity index (χ1n) is 8.96. The summed E-state index contributed by atoms with van der Waals surface area (Å²) in [4.78, 5) is 0. The van der Waals surface area contributed by atoms with Crippen LogP contribution in [0.2, 0.25) is 0 Å². The second-order valence-corrected chi connectivity index (χ2v) is 9.28. The summed E-state index contributed by atoms with van der Waals surface area (Å²) in [5.41, 5.74) is 1.21. The van der Waals surface area contributed by atoms with E-state index in [4.69, 9.17) is 5.26 Å². The minimum absolute atomic E-state index is 0.234. The van der Waals surface area contributed by atoms with E-state index in [-0.39, 0.29) is 17.2 Å². The number of rotatable bonds is 3. The fourth-order valence-corrected chi connectivity index (χ4v) is 4.68. The molecule has 0 amide bonds. The zero-order chi connectivity index (χ0) is 18.1. The molecule has 1 aliphatic carbocycles. The van der Waals surface area contributed by atoms with E-state index in [2.05, 4.69) is 34.6 Å². The van der Waals surface area contributed by atoms with Gasteiger partial charge in [0.15, 0.2) is 0 Å². The van der Waals surface area contributed by atoms with Gasteiger partial charge in [-0.3, -0.25) is 0 Å². The van der Waals surface area contributed by atoms with Gasteiger partial charge in [0.1, 0.15) is 23.2 Å². The van der Waals surface area contributed by atoms with E-state index < -0.39 is 5.82 Å². The average molecular weight is 331 g/mol. The highest BCUT2D eigenvalue weighted by atomic mass is 19.1.